The topological polar surface area (TPSA) is 76.1 Å². The van der Waals surface area contributed by atoms with E-state index in [1.165, 1.54) is 22.5 Å². The number of carbonyl (C=O) groups is 1. The van der Waals surface area contributed by atoms with Crippen molar-refractivity contribution in [1.29, 1.82) is 0 Å². The van der Waals surface area contributed by atoms with Crippen molar-refractivity contribution in [2.24, 2.45) is 0 Å². The van der Waals surface area contributed by atoms with Gasteiger partial charge in [-0.25, -0.2) is 8.42 Å². The monoisotopic (exact) mass is 464 g/mol. The van der Waals surface area contributed by atoms with Gasteiger partial charge >= 0.3 is 0 Å². The molecule has 9 heteroatoms. The number of morpholine rings is 1. The van der Waals surface area contributed by atoms with Crippen LogP contribution in [0.1, 0.15) is 18.9 Å². The molecular formula is C22H25ClN2O5S. The van der Waals surface area contributed by atoms with Crippen LogP contribution < -0.4 is 9.64 Å². The van der Waals surface area contributed by atoms with Gasteiger partial charge in [-0.05, 0) is 49.6 Å². The molecule has 0 radical (unpaired) electrons. The number of nitrogens with zero attached hydrogens (tertiary/aromatic N) is 2. The molecule has 2 aliphatic heterocycles. The van der Waals surface area contributed by atoms with Gasteiger partial charge in [0.15, 0.2) is 6.10 Å². The van der Waals surface area contributed by atoms with Crippen molar-refractivity contribution in [3.8, 4) is 5.75 Å². The van der Waals surface area contributed by atoms with E-state index >= 15 is 0 Å². The lowest BCUT2D eigenvalue weighted by Crippen LogP contribution is -2.43. The van der Waals surface area contributed by atoms with E-state index in [9.17, 15) is 13.2 Å². The molecule has 31 heavy (non-hydrogen) atoms. The fourth-order valence-electron chi connectivity index (χ4n) is 3.90. The van der Waals surface area contributed by atoms with Crippen LogP contribution in [-0.2, 0) is 26.0 Å². The Morgan fingerprint density at radius 2 is 1.87 bits per heavy atom. The van der Waals surface area contributed by atoms with Gasteiger partial charge in [0.05, 0.1) is 23.1 Å². The SMILES string of the molecule is C[C@H](Oc1ccc(S(=O)(=O)N2CCOCC2)cc1Cl)C(=O)N1CCCc2ccccc21. The Kier molecular flexibility index (Phi) is 6.52. The lowest BCUT2D eigenvalue weighted by atomic mass is 10.0. The highest BCUT2D eigenvalue weighted by Gasteiger charge is 2.29. The van der Waals surface area contributed by atoms with Gasteiger partial charge in [0.2, 0.25) is 10.0 Å². The zero-order chi connectivity index (χ0) is 22.0. The molecule has 7 nitrogen and oxygen atoms in total. The predicted molar refractivity (Wildman–Crippen MR) is 118 cm³/mol. The summed E-state index contributed by atoms with van der Waals surface area (Å²) in [7, 11) is -3.66. The molecule has 2 aromatic carbocycles. The first-order valence-corrected chi connectivity index (χ1v) is 12.1. The smallest absolute Gasteiger partial charge is 0.267 e. The van der Waals surface area contributed by atoms with Gasteiger partial charge in [-0.1, -0.05) is 29.8 Å². The van der Waals surface area contributed by atoms with Gasteiger partial charge < -0.3 is 14.4 Å². The number of benzene rings is 2. The molecule has 2 heterocycles. The lowest BCUT2D eigenvalue weighted by molar-refractivity contribution is -0.124. The molecule has 0 aromatic heterocycles. The molecule has 4 rings (SSSR count). The van der Waals surface area contributed by atoms with E-state index in [0.29, 0.717) is 32.8 Å². The minimum absolute atomic E-state index is 0.0932. The maximum Gasteiger partial charge on any atom is 0.267 e. The van der Waals surface area contributed by atoms with Crippen LogP contribution in [0.2, 0.25) is 5.02 Å². The molecule has 0 spiro atoms. The van der Waals surface area contributed by atoms with Crippen molar-refractivity contribution >= 4 is 33.2 Å². The summed E-state index contributed by atoms with van der Waals surface area (Å²) in [6.07, 6.45) is 1.06. The fourth-order valence-corrected chi connectivity index (χ4v) is 5.62. The number of fused-ring (bicyclic) bond motifs is 1. The first-order valence-electron chi connectivity index (χ1n) is 10.3. The zero-order valence-corrected chi connectivity index (χ0v) is 18.9. The lowest BCUT2D eigenvalue weighted by Gasteiger charge is -2.31. The van der Waals surface area contributed by atoms with Crippen molar-refractivity contribution in [3.63, 3.8) is 0 Å². The molecule has 1 fully saturated rings. The molecule has 2 aromatic rings. The minimum Gasteiger partial charge on any atom is -0.479 e. The Morgan fingerprint density at radius 1 is 1.13 bits per heavy atom. The molecular weight excluding hydrogens is 440 g/mol. The average molecular weight is 465 g/mol. The summed E-state index contributed by atoms with van der Waals surface area (Å²) in [5.74, 6) is 0.113. The average Bonchev–Trinajstić information content (AvgIpc) is 2.80. The van der Waals surface area contributed by atoms with Gasteiger partial charge in [0.1, 0.15) is 5.75 Å². The first-order chi connectivity index (χ1) is 14.9. The van der Waals surface area contributed by atoms with E-state index in [-0.39, 0.29) is 21.6 Å². The number of amides is 1. The number of ether oxygens (including phenoxy) is 2. The minimum atomic E-state index is -3.66. The molecule has 1 saturated heterocycles. The van der Waals surface area contributed by atoms with Crippen LogP contribution >= 0.6 is 11.6 Å². The van der Waals surface area contributed by atoms with Gasteiger partial charge in [0, 0.05) is 25.3 Å². The third-order valence-electron chi connectivity index (χ3n) is 5.54. The van der Waals surface area contributed by atoms with Crippen LogP contribution in [0.3, 0.4) is 0 Å². The number of anilines is 1. The summed E-state index contributed by atoms with van der Waals surface area (Å²) < 4.78 is 38.1. The second-order valence-corrected chi connectivity index (χ2v) is 9.94. The number of rotatable bonds is 5. The third-order valence-corrected chi connectivity index (χ3v) is 7.73. The Balaban J connectivity index is 1.49. The first kappa shape index (κ1) is 22.1. The maximum atomic E-state index is 13.1. The third kappa shape index (κ3) is 4.57. The molecule has 2 aliphatic rings. The highest BCUT2D eigenvalue weighted by molar-refractivity contribution is 7.89. The molecule has 1 atom stereocenters. The summed E-state index contributed by atoms with van der Waals surface area (Å²) in [6.45, 7) is 3.66. The van der Waals surface area contributed by atoms with Gasteiger partial charge in [0.25, 0.3) is 5.91 Å². The van der Waals surface area contributed by atoms with Crippen LogP contribution in [0.15, 0.2) is 47.4 Å². The number of carbonyl (C=O) groups excluding carboxylic acids is 1. The number of para-hydroxylation sites is 1. The Bertz CT molecular complexity index is 1070. The highest BCUT2D eigenvalue weighted by atomic mass is 35.5. The molecule has 166 valence electrons. The molecule has 0 unspecified atom stereocenters. The van der Waals surface area contributed by atoms with E-state index in [4.69, 9.17) is 21.1 Å². The van der Waals surface area contributed by atoms with Crippen molar-refractivity contribution in [3.05, 3.63) is 53.1 Å². The van der Waals surface area contributed by atoms with Crippen LogP contribution in [-0.4, -0.2) is 57.6 Å². The molecule has 1 amide bonds. The van der Waals surface area contributed by atoms with Crippen LogP contribution in [0.4, 0.5) is 5.69 Å². The van der Waals surface area contributed by atoms with Gasteiger partial charge in [-0.2, -0.15) is 4.31 Å². The van der Waals surface area contributed by atoms with E-state index in [1.54, 1.807) is 11.8 Å². The quantitative estimate of drug-likeness (QED) is 0.679. The zero-order valence-electron chi connectivity index (χ0n) is 17.3. The highest BCUT2D eigenvalue weighted by Crippen LogP contribution is 2.31. The number of hydrogen-bond donors (Lipinski definition) is 0. The maximum absolute atomic E-state index is 13.1. The largest absolute Gasteiger partial charge is 0.479 e. The molecule has 0 aliphatic carbocycles. The summed E-state index contributed by atoms with van der Waals surface area (Å²) in [6, 6.07) is 12.2. The summed E-state index contributed by atoms with van der Waals surface area (Å²) >= 11 is 6.33. The Labute approximate surface area is 187 Å². The fraction of sp³-hybridized carbons (Fsp3) is 0.409. The van der Waals surface area contributed by atoms with Crippen LogP contribution in [0, 0.1) is 0 Å². The molecule has 0 saturated carbocycles. The summed E-state index contributed by atoms with van der Waals surface area (Å²) in [4.78, 5) is 14.9. The Morgan fingerprint density at radius 3 is 2.61 bits per heavy atom. The molecule has 0 N–H and O–H groups in total. The number of aryl methyl sites for hydroxylation is 1. The van der Waals surface area contributed by atoms with Gasteiger partial charge in [-0.3, -0.25) is 4.79 Å². The number of halogens is 1. The van der Waals surface area contributed by atoms with Crippen molar-refractivity contribution in [2.75, 3.05) is 37.7 Å². The van der Waals surface area contributed by atoms with Crippen molar-refractivity contribution in [1.82, 2.24) is 4.31 Å². The van der Waals surface area contributed by atoms with Crippen molar-refractivity contribution in [2.45, 2.75) is 30.8 Å². The van der Waals surface area contributed by atoms with E-state index < -0.39 is 16.1 Å². The van der Waals surface area contributed by atoms with Crippen LogP contribution in [0.25, 0.3) is 0 Å². The number of hydrogen-bond acceptors (Lipinski definition) is 5. The standard InChI is InChI=1S/C22H25ClN2O5S/c1-16(22(26)25-10-4-6-17-5-2-3-7-20(17)25)30-21-9-8-18(15-19(21)23)31(27,28)24-11-13-29-14-12-24/h2-3,5,7-9,15-16H,4,6,10-14H2,1H3/t16-/m0/s1. The van der Waals surface area contributed by atoms with Gasteiger partial charge in [-0.15, -0.1) is 0 Å². The summed E-state index contributed by atoms with van der Waals surface area (Å²) in [5.41, 5.74) is 2.05. The second kappa shape index (κ2) is 9.16. The van der Waals surface area contributed by atoms with E-state index in [1.807, 2.05) is 24.3 Å². The predicted octanol–water partition coefficient (Wildman–Crippen LogP) is 3.11. The summed E-state index contributed by atoms with van der Waals surface area (Å²) in [5, 5.41) is 0.146. The van der Waals surface area contributed by atoms with Crippen LogP contribution in [0.5, 0.6) is 5.75 Å². The van der Waals surface area contributed by atoms with Crippen molar-refractivity contribution < 1.29 is 22.7 Å². The number of sulfonamides is 1. The second-order valence-electron chi connectivity index (χ2n) is 7.59. The van der Waals surface area contributed by atoms with E-state index in [2.05, 4.69) is 0 Å². The van der Waals surface area contributed by atoms with E-state index in [0.717, 1.165) is 24.1 Å². The normalized spacial score (nSPS) is 18.3. The molecule has 0 bridgehead atoms. The Hall–Kier alpha value is -2.13.